The number of anilines is 1. The van der Waals surface area contributed by atoms with Crippen LogP contribution in [0.15, 0.2) is 48.8 Å². The molecule has 0 aliphatic carbocycles. The molecular weight excluding hydrogens is 280 g/mol. The minimum atomic E-state index is -0.190. The van der Waals surface area contributed by atoms with Crippen LogP contribution in [0.1, 0.15) is 17.3 Å². The third-order valence-corrected chi connectivity index (χ3v) is 3.50. The van der Waals surface area contributed by atoms with Crippen LogP contribution in [0.3, 0.4) is 0 Å². The first kappa shape index (κ1) is 14.5. The third-order valence-electron chi connectivity index (χ3n) is 3.50. The lowest BCUT2D eigenvalue weighted by Gasteiger charge is -2.37. The topological polar surface area (TPSA) is 60.5 Å². The number of carbonyl (C=O) groups is 1. The maximum atomic E-state index is 12.1. The highest BCUT2D eigenvalue weighted by Gasteiger charge is 2.34. The first-order chi connectivity index (χ1) is 10.6. The fourth-order valence-corrected chi connectivity index (χ4v) is 2.16. The van der Waals surface area contributed by atoms with Crippen molar-refractivity contribution in [1.29, 1.82) is 0 Å². The first-order valence-electron chi connectivity index (χ1n) is 7.17. The molecule has 3 rings (SSSR count). The van der Waals surface area contributed by atoms with E-state index in [2.05, 4.69) is 17.2 Å². The van der Waals surface area contributed by atoms with Crippen molar-refractivity contribution in [1.82, 2.24) is 4.98 Å². The van der Waals surface area contributed by atoms with Crippen molar-refractivity contribution in [3.05, 3.63) is 54.4 Å². The number of amides is 1. The molecule has 1 N–H and O–H groups in total. The van der Waals surface area contributed by atoms with Gasteiger partial charge < -0.3 is 14.8 Å². The van der Waals surface area contributed by atoms with E-state index in [1.807, 2.05) is 24.3 Å². The molecule has 2 heterocycles. The molecule has 1 saturated heterocycles. The summed E-state index contributed by atoms with van der Waals surface area (Å²) >= 11 is 0. The SMILES string of the molecule is CC1(COc2cccc(NC(=O)c3cccnc3)c2)COC1. The minimum absolute atomic E-state index is 0.0922. The Kier molecular flexibility index (Phi) is 4.06. The van der Waals surface area contributed by atoms with Crippen LogP contribution in [0.5, 0.6) is 5.75 Å². The highest BCUT2D eigenvalue weighted by atomic mass is 16.5. The molecule has 0 radical (unpaired) electrons. The fourth-order valence-electron chi connectivity index (χ4n) is 2.16. The first-order valence-corrected chi connectivity index (χ1v) is 7.17. The number of hydrogen-bond acceptors (Lipinski definition) is 4. The number of hydrogen-bond donors (Lipinski definition) is 1. The zero-order chi connectivity index (χ0) is 15.4. The van der Waals surface area contributed by atoms with Gasteiger partial charge in [-0.2, -0.15) is 0 Å². The second-order valence-corrected chi connectivity index (χ2v) is 5.82. The van der Waals surface area contributed by atoms with Gasteiger partial charge in [0.1, 0.15) is 5.75 Å². The number of benzene rings is 1. The Bertz CT molecular complexity index is 654. The molecule has 1 aliphatic rings. The van der Waals surface area contributed by atoms with Gasteiger partial charge in [-0.1, -0.05) is 13.0 Å². The molecule has 22 heavy (non-hydrogen) atoms. The van der Waals surface area contributed by atoms with Gasteiger partial charge in [0.05, 0.1) is 25.4 Å². The van der Waals surface area contributed by atoms with Gasteiger partial charge in [0.2, 0.25) is 0 Å². The summed E-state index contributed by atoms with van der Waals surface area (Å²) < 4.78 is 11.0. The molecular formula is C17H18N2O3. The largest absolute Gasteiger partial charge is 0.493 e. The van der Waals surface area contributed by atoms with Crippen molar-refractivity contribution >= 4 is 11.6 Å². The molecule has 0 saturated carbocycles. The van der Waals surface area contributed by atoms with Gasteiger partial charge in [-0.05, 0) is 24.3 Å². The Morgan fingerprint density at radius 2 is 2.23 bits per heavy atom. The van der Waals surface area contributed by atoms with Crippen molar-refractivity contribution in [2.24, 2.45) is 5.41 Å². The molecule has 0 bridgehead atoms. The van der Waals surface area contributed by atoms with Crippen LogP contribution in [0.25, 0.3) is 0 Å². The molecule has 1 aliphatic heterocycles. The number of rotatable bonds is 5. The van der Waals surface area contributed by atoms with Crippen LogP contribution in [0.2, 0.25) is 0 Å². The van der Waals surface area contributed by atoms with Gasteiger partial charge in [-0.3, -0.25) is 9.78 Å². The maximum absolute atomic E-state index is 12.1. The molecule has 5 heteroatoms. The Balaban J connectivity index is 1.62. The summed E-state index contributed by atoms with van der Waals surface area (Å²) in [6.45, 7) is 4.19. The van der Waals surface area contributed by atoms with Crippen molar-refractivity contribution in [3.8, 4) is 5.75 Å². The van der Waals surface area contributed by atoms with Crippen LogP contribution < -0.4 is 10.1 Å². The molecule has 1 amide bonds. The molecule has 114 valence electrons. The van der Waals surface area contributed by atoms with Gasteiger partial charge in [0, 0.05) is 29.6 Å². The van der Waals surface area contributed by atoms with Gasteiger partial charge in [-0.15, -0.1) is 0 Å². The molecule has 1 fully saturated rings. The lowest BCUT2D eigenvalue weighted by Crippen LogP contribution is -2.44. The lowest BCUT2D eigenvalue weighted by molar-refractivity contribution is -0.120. The summed E-state index contributed by atoms with van der Waals surface area (Å²) in [5.74, 6) is 0.543. The average molecular weight is 298 g/mol. The third kappa shape index (κ3) is 3.43. The van der Waals surface area contributed by atoms with Crippen molar-refractivity contribution in [2.45, 2.75) is 6.92 Å². The summed E-state index contributed by atoms with van der Waals surface area (Å²) in [6, 6.07) is 10.8. The van der Waals surface area contributed by atoms with Crippen LogP contribution in [-0.4, -0.2) is 30.7 Å². The number of nitrogens with one attached hydrogen (secondary N) is 1. The lowest BCUT2D eigenvalue weighted by atomic mass is 9.90. The number of ether oxygens (including phenoxy) is 2. The van der Waals surface area contributed by atoms with Crippen molar-refractivity contribution < 1.29 is 14.3 Å². The van der Waals surface area contributed by atoms with Crippen molar-refractivity contribution in [3.63, 3.8) is 0 Å². The monoisotopic (exact) mass is 298 g/mol. The summed E-state index contributed by atoms with van der Waals surface area (Å²) in [4.78, 5) is 16.0. The van der Waals surface area contributed by atoms with E-state index in [4.69, 9.17) is 9.47 Å². The van der Waals surface area contributed by atoms with Crippen LogP contribution in [0, 0.1) is 5.41 Å². The second-order valence-electron chi connectivity index (χ2n) is 5.82. The van der Waals surface area contributed by atoms with Crippen LogP contribution in [0.4, 0.5) is 5.69 Å². The Labute approximate surface area is 129 Å². The fraction of sp³-hybridized carbons (Fsp3) is 0.294. The van der Waals surface area contributed by atoms with Gasteiger partial charge in [-0.25, -0.2) is 0 Å². The zero-order valence-electron chi connectivity index (χ0n) is 12.4. The van der Waals surface area contributed by atoms with E-state index in [0.717, 1.165) is 19.0 Å². The summed E-state index contributed by atoms with van der Waals surface area (Å²) in [6.07, 6.45) is 3.17. The minimum Gasteiger partial charge on any atom is -0.493 e. The van der Waals surface area contributed by atoms with E-state index in [0.29, 0.717) is 17.9 Å². The average Bonchev–Trinajstić information content (AvgIpc) is 2.52. The second kappa shape index (κ2) is 6.15. The molecule has 2 aromatic rings. The molecule has 5 nitrogen and oxygen atoms in total. The normalized spacial score (nSPS) is 15.7. The van der Waals surface area contributed by atoms with E-state index >= 15 is 0 Å². The number of pyridine rings is 1. The molecule has 1 aromatic carbocycles. The molecule has 1 aromatic heterocycles. The van der Waals surface area contributed by atoms with E-state index in [-0.39, 0.29) is 11.3 Å². The van der Waals surface area contributed by atoms with Gasteiger partial charge >= 0.3 is 0 Å². The molecule has 0 atom stereocenters. The number of nitrogens with zero attached hydrogens (tertiary/aromatic N) is 1. The molecule has 0 unspecified atom stereocenters. The van der Waals surface area contributed by atoms with E-state index in [1.54, 1.807) is 18.3 Å². The smallest absolute Gasteiger partial charge is 0.257 e. The molecule has 0 spiro atoms. The Morgan fingerprint density at radius 3 is 2.91 bits per heavy atom. The Morgan fingerprint density at radius 1 is 1.36 bits per heavy atom. The van der Waals surface area contributed by atoms with E-state index in [9.17, 15) is 4.79 Å². The summed E-state index contributed by atoms with van der Waals surface area (Å²) in [5.41, 5.74) is 1.31. The summed E-state index contributed by atoms with van der Waals surface area (Å²) in [5, 5.41) is 2.84. The zero-order valence-corrected chi connectivity index (χ0v) is 12.4. The van der Waals surface area contributed by atoms with Crippen LogP contribution in [-0.2, 0) is 4.74 Å². The Hall–Kier alpha value is -2.40. The van der Waals surface area contributed by atoms with Gasteiger partial charge in [0.15, 0.2) is 0 Å². The number of aromatic nitrogens is 1. The number of carbonyl (C=O) groups excluding carboxylic acids is 1. The predicted octanol–water partition coefficient (Wildman–Crippen LogP) is 2.75. The predicted molar refractivity (Wildman–Crippen MR) is 83.1 cm³/mol. The summed E-state index contributed by atoms with van der Waals surface area (Å²) in [7, 11) is 0. The highest BCUT2D eigenvalue weighted by Crippen LogP contribution is 2.28. The van der Waals surface area contributed by atoms with E-state index in [1.165, 1.54) is 6.20 Å². The highest BCUT2D eigenvalue weighted by molar-refractivity contribution is 6.04. The maximum Gasteiger partial charge on any atom is 0.257 e. The standard InChI is InChI=1S/C17H18N2O3/c1-17(10-21-11-17)12-22-15-6-2-5-14(8-15)19-16(20)13-4-3-7-18-9-13/h2-9H,10-12H2,1H3,(H,19,20). The van der Waals surface area contributed by atoms with Crippen molar-refractivity contribution in [2.75, 3.05) is 25.1 Å². The van der Waals surface area contributed by atoms with Gasteiger partial charge in [0.25, 0.3) is 5.91 Å². The quantitative estimate of drug-likeness (QED) is 0.922. The van der Waals surface area contributed by atoms with E-state index < -0.39 is 0 Å². The van der Waals surface area contributed by atoms with Crippen LogP contribution >= 0.6 is 0 Å².